The molecule has 1 aliphatic carbocycles. The fraction of sp³-hybridized carbons (Fsp3) is 0.357. The van der Waals surface area contributed by atoms with Gasteiger partial charge >= 0.3 is 0 Å². The highest BCUT2D eigenvalue weighted by molar-refractivity contribution is 5.99. The first-order valence-electron chi connectivity index (χ1n) is 5.81. The molecule has 1 aromatic rings. The minimum absolute atomic E-state index is 0.0283. The van der Waals surface area contributed by atoms with Gasteiger partial charge < -0.3 is 4.74 Å². The van der Waals surface area contributed by atoms with Gasteiger partial charge in [0.15, 0.2) is 5.76 Å². The number of hydrogen-bond acceptors (Lipinski definition) is 2. The van der Waals surface area contributed by atoms with Crippen LogP contribution in [0.25, 0.3) is 0 Å². The third kappa shape index (κ3) is 1.45. The van der Waals surface area contributed by atoms with Crippen LogP contribution in [0.15, 0.2) is 36.1 Å². The van der Waals surface area contributed by atoms with E-state index in [1.807, 2.05) is 18.2 Å². The third-order valence-corrected chi connectivity index (χ3v) is 3.40. The summed E-state index contributed by atoms with van der Waals surface area (Å²) in [7, 11) is 0. The molecule has 3 rings (SSSR count). The molecule has 2 aliphatic rings. The summed E-state index contributed by atoms with van der Waals surface area (Å²) in [6, 6.07) is 8.23. The molecule has 1 aliphatic heterocycles. The predicted octanol–water partition coefficient (Wildman–Crippen LogP) is 2.59. The predicted molar refractivity (Wildman–Crippen MR) is 61.2 cm³/mol. The van der Waals surface area contributed by atoms with E-state index in [9.17, 15) is 4.79 Å². The molecule has 0 N–H and O–H groups in total. The first kappa shape index (κ1) is 9.64. The Morgan fingerprint density at radius 3 is 3.00 bits per heavy atom. The van der Waals surface area contributed by atoms with Crippen molar-refractivity contribution in [1.82, 2.24) is 0 Å². The number of carbonyl (C=O) groups excluding carboxylic acids is 1. The van der Waals surface area contributed by atoms with Crippen LogP contribution in [0.3, 0.4) is 0 Å². The van der Waals surface area contributed by atoms with Gasteiger partial charge in [-0.05, 0) is 30.0 Å². The molecule has 0 spiro atoms. The molecule has 82 valence electrons. The van der Waals surface area contributed by atoms with E-state index < -0.39 is 0 Å². The van der Waals surface area contributed by atoms with E-state index in [2.05, 4.69) is 12.1 Å². The zero-order chi connectivity index (χ0) is 11.0. The maximum absolute atomic E-state index is 12.2. The van der Waals surface area contributed by atoms with Crippen molar-refractivity contribution in [1.29, 1.82) is 0 Å². The summed E-state index contributed by atoms with van der Waals surface area (Å²) in [6.07, 6.45) is 4.73. The van der Waals surface area contributed by atoms with Gasteiger partial charge in [0.1, 0.15) is 0 Å². The molecule has 16 heavy (non-hydrogen) atoms. The summed E-state index contributed by atoms with van der Waals surface area (Å²) in [5.74, 6) is 0.782. The molecule has 1 aromatic carbocycles. The number of allylic oxidation sites excluding steroid dienone is 1. The van der Waals surface area contributed by atoms with Crippen molar-refractivity contribution in [2.45, 2.75) is 25.2 Å². The zero-order valence-corrected chi connectivity index (χ0v) is 9.11. The lowest BCUT2D eigenvalue weighted by atomic mass is 9.95. The molecular weight excluding hydrogens is 200 g/mol. The standard InChI is InChI=1S/C14H14O2/c15-14(13-6-3-9-16-13)12-8-7-10-4-1-2-5-11(10)12/h1-2,4-6,12H,3,7-9H2. The minimum Gasteiger partial charge on any atom is -0.490 e. The number of ether oxygens (including phenoxy) is 1. The molecule has 1 heterocycles. The maximum atomic E-state index is 12.2. The van der Waals surface area contributed by atoms with Crippen LogP contribution in [-0.2, 0) is 16.0 Å². The Labute approximate surface area is 94.9 Å². The summed E-state index contributed by atoms with van der Waals surface area (Å²) < 4.78 is 5.35. The number of Topliss-reactive ketones (excluding diaryl/α,β-unsaturated/α-hetero) is 1. The highest BCUT2D eigenvalue weighted by atomic mass is 16.5. The van der Waals surface area contributed by atoms with E-state index in [0.29, 0.717) is 12.4 Å². The number of carbonyl (C=O) groups is 1. The Balaban J connectivity index is 1.90. The second-order valence-corrected chi connectivity index (χ2v) is 4.36. The van der Waals surface area contributed by atoms with Crippen LogP contribution in [0, 0.1) is 0 Å². The molecule has 0 saturated carbocycles. The van der Waals surface area contributed by atoms with E-state index in [1.54, 1.807) is 0 Å². The van der Waals surface area contributed by atoms with Crippen molar-refractivity contribution in [3.63, 3.8) is 0 Å². The molecule has 2 nitrogen and oxygen atoms in total. The zero-order valence-electron chi connectivity index (χ0n) is 9.11. The van der Waals surface area contributed by atoms with Gasteiger partial charge in [0.2, 0.25) is 5.78 Å². The smallest absolute Gasteiger partial charge is 0.204 e. The van der Waals surface area contributed by atoms with Crippen LogP contribution in [0.1, 0.15) is 29.9 Å². The average molecular weight is 214 g/mol. The molecule has 0 aromatic heterocycles. The monoisotopic (exact) mass is 214 g/mol. The molecule has 0 amide bonds. The lowest BCUT2D eigenvalue weighted by molar-refractivity contribution is -0.119. The van der Waals surface area contributed by atoms with Crippen LogP contribution >= 0.6 is 0 Å². The fourth-order valence-electron chi connectivity index (χ4n) is 2.59. The largest absolute Gasteiger partial charge is 0.490 e. The fourth-order valence-corrected chi connectivity index (χ4v) is 2.59. The van der Waals surface area contributed by atoms with E-state index in [0.717, 1.165) is 19.3 Å². The third-order valence-electron chi connectivity index (χ3n) is 3.40. The van der Waals surface area contributed by atoms with Gasteiger partial charge in [-0.3, -0.25) is 4.79 Å². The van der Waals surface area contributed by atoms with Gasteiger partial charge in [0, 0.05) is 6.42 Å². The van der Waals surface area contributed by atoms with Crippen LogP contribution in [0.4, 0.5) is 0 Å². The molecule has 0 radical (unpaired) electrons. The van der Waals surface area contributed by atoms with E-state index >= 15 is 0 Å². The highest BCUT2D eigenvalue weighted by Crippen LogP contribution is 2.35. The molecule has 0 bridgehead atoms. The molecule has 2 heteroatoms. The van der Waals surface area contributed by atoms with Crippen molar-refractivity contribution in [2.75, 3.05) is 6.61 Å². The Morgan fingerprint density at radius 1 is 1.31 bits per heavy atom. The average Bonchev–Trinajstić information content (AvgIpc) is 2.98. The molecule has 0 saturated heterocycles. The molecule has 0 fully saturated rings. The van der Waals surface area contributed by atoms with E-state index in [1.165, 1.54) is 11.1 Å². The quantitative estimate of drug-likeness (QED) is 0.756. The molecule has 1 atom stereocenters. The molecular formula is C14H14O2. The van der Waals surface area contributed by atoms with Crippen LogP contribution in [-0.4, -0.2) is 12.4 Å². The van der Waals surface area contributed by atoms with Crippen molar-refractivity contribution >= 4 is 5.78 Å². The number of ketones is 1. The first-order valence-corrected chi connectivity index (χ1v) is 5.81. The summed E-state index contributed by atoms with van der Waals surface area (Å²) in [5, 5.41) is 0. The summed E-state index contributed by atoms with van der Waals surface area (Å²) in [4.78, 5) is 12.2. The van der Waals surface area contributed by atoms with Crippen molar-refractivity contribution in [2.24, 2.45) is 0 Å². The van der Waals surface area contributed by atoms with Crippen LogP contribution < -0.4 is 0 Å². The van der Waals surface area contributed by atoms with E-state index in [-0.39, 0.29) is 11.7 Å². The number of hydrogen-bond donors (Lipinski definition) is 0. The maximum Gasteiger partial charge on any atom is 0.204 e. The van der Waals surface area contributed by atoms with Crippen molar-refractivity contribution < 1.29 is 9.53 Å². The van der Waals surface area contributed by atoms with Crippen LogP contribution in [0.2, 0.25) is 0 Å². The van der Waals surface area contributed by atoms with E-state index in [4.69, 9.17) is 4.74 Å². The molecule has 1 unspecified atom stereocenters. The van der Waals surface area contributed by atoms with Gasteiger partial charge in [-0.1, -0.05) is 24.3 Å². The van der Waals surface area contributed by atoms with Gasteiger partial charge in [-0.2, -0.15) is 0 Å². The van der Waals surface area contributed by atoms with Crippen molar-refractivity contribution in [3.8, 4) is 0 Å². The Kier molecular flexibility index (Phi) is 2.28. The SMILES string of the molecule is O=C(C1=CCCO1)C1CCc2ccccc21. The second-order valence-electron chi connectivity index (χ2n) is 4.36. The number of fused-ring (bicyclic) bond motifs is 1. The number of rotatable bonds is 2. The first-order chi connectivity index (χ1) is 7.86. The van der Waals surface area contributed by atoms with Gasteiger partial charge in [-0.15, -0.1) is 0 Å². The van der Waals surface area contributed by atoms with Crippen molar-refractivity contribution in [3.05, 3.63) is 47.2 Å². The lowest BCUT2D eigenvalue weighted by Gasteiger charge is -2.10. The Bertz CT molecular complexity index is 460. The van der Waals surface area contributed by atoms with Gasteiger partial charge in [-0.25, -0.2) is 0 Å². The topological polar surface area (TPSA) is 26.3 Å². The summed E-state index contributed by atoms with van der Waals surface area (Å²) in [6.45, 7) is 0.662. The van der Waals surface area contributed by atoms with Gasteiger partial charge in [0.25, 0.3) is 0 Å². The summed E-state index contributed by atoms with van der Waals surface area (Å²) >= 11 is 0. The number of aryl methyl sites for hydroxylation is 1. The second kappa shape index (κ2) is 3.78. The summed E-state index contributed by atoms with van der Waals surface area (Å²) in [5.41, 5.74) is 2.52. The normalized spacial score (nSPS) is 22.5. The highest BCUT2D eigenvalue weighted by Gasteiger charge is 2.31. The number of benzene rings is 1. The Morgan fingerprint density at radius 2 is 2.19 bits per heavy atom. The Hall–Kier alpha value is -1.57. The lowest BCUT2D eigenvalue weighted by Crippen LogP contribution is -2.12. The van der Waals surface area contributed by atoms with Crippen LogP contribution in [0.5, 0.6) is 0 Å². The van der Waals surface area contributed by atoms with Gasteiger partial charge in [0.05, 0.1) is 12.5 Å². The minimum atomic E-state index is 0.0283.